The zero-order valence-electron chi connectivity index (χ0n) is 18.3. The summed E-state index contributed by atoms with van der Waals surface area (Å²) in [6.07, 6.45) is 1.45. The third-order valence-electron chi connectivity index (χ3n) is 6.15. The molecule has 0 aliphatic carbocycles. The molecule has 2 aromatic carbocycles. The molecule has 1 saturated heterocycles. The smallest absolute Gasteiger partial charge is 0.227 e. The molecular formula is C25H27ClN2O5. The molecule has 0 spiro atoms. The number of fused-ring (bicyclic) bond motifs is 2. The maximum absolute atomic E-state index is 12.9. The van der Waals surface area contributed by atoms with E-state index in [-0.39, 0.29) is 12.3 Å². The van der Waals surface area contributed by atoms with Gasteiger partial charge in [-0.05, 0) is 67.9 Å². The van der Waals surface area contributed by atoms with Crippen molar-refractivity contribution in [2.75, 3.05) is 32.8 Å². The van der Waals surface area contributed by atoms with Crippen molar-refractivity contribution < 1.29 is 23.8 Å². The van der Waals surface area contributed by atoms with Gasteiger partial charge < -0.3 is 29.2 Å². The number of halogens is 1. The molecule has 3 aromatic rings. The first-order valence-corrected chi connectivity index (χ1v) is 11.7. The molecule has 0 unspecified atom stereocenters. The van der Waals surface area contributed by atoms with Crippen molar-refractivity contribution in [3.63, 3.8) is 0 Å². The van der Waals surface area contributed by atoms with Crippen LogP contribution in [0.4, 0.5) is 0 Å². The van der Waals surface area contributed by atoms with Crippen LogP contribution in [0.3, 0.4) is 0 Å². The number of carbonyl (C=O) groups is 1. The van der Waals surface area contributed by atoms with Gasteiger partial charge in [-0.25, -0.2) is 0 Å². The Morgan fingerprint density at radius 3 is 2.67 bits per heavy atom. The summed E-state index contributed by atoms with van der Waals surface area (Å²) in [4.78, 5) is 15.2. The minimum absolute atomic E-state index is 0.0800. The molecule has 2 aliphatic heterocycles. The third-order valence-corrected chi connectivity index (χ3v) is 6.39. The van der Waals surface area contributed by atoms with Crippen molar-refractivity contribution in [2.45, 2.75) is 31.4 Å². The lowest BCUT2D eigenvalue weighted by Gasteiger charge is -2.29. The van der Waals surface area contributed by atoms with Crippen LogP contribution in [0.5, 0.6) is 11.5 Å². The highest BCUT2D eigenvalue weighted by molar-refractivity contribution is 6.31. The number of amides is 1. The SMILES string of the molecule is O=C(Cc1cc2cc(Cl)ccc2o1)N[C@H](CN1CCCC1)[C@H](O)c1ccc2c(c1)OCCO2. The fraction of sp³-hybridized carbons (Fsp3) is 0.400. The summed E-state index contributed by atoms with van der Waals surface area (Å²) in [6, 6.07) is 12.1. The first kappa shape index (κ1) is 22.1. The maximum Gasteiger partial charge on any atom is 0.227 e. The van der Waals surface area contributed by atoms with Gasteiger partial charge in [-0.1, -0.05) is 17.7 Å². The van der Waals surface area contributed by atoms with E-state index >= 15 is 0 Å². The van der Waals surface area contributed by atoms with Crippen molar-refractivity contribution in [1.82, 2.24) is 10.2 Å². The standard InChI is InChI=1S/C25H27ClN2O5/c26-18-4-6-21-17(11-18)12-19(33-21)14-24(29)27-20(15-28-7-1-2-8-28)25(30)16-3-5-22-23(13-16)32-10-9-31-22/h3-6,11-13,20,25,30H,1-2,7-10,14-15H2,(H,27,29)/t20-,25-/m1/s1. The van der Waals surface area contributed by atoms with E-state index in [9.17, 15) is 9.90 Å². The molecule has 2 N–H and O–H groups in total. The molecule has 2 atom stereocenters. The van der Waals surface area contributed by atoms with Gasteiger partial charge >= 0.3 is 0 Å². The van der Waals surface area contributed by atoms with E-state index in [1.165, 1.54) is 0 Å². The van der Waals surface area contributed by atoms with Gasteiger partial charge in [0.2, 0.25) is 5.91 Å². The summed E-state index contributed by atoms with van der Waals surface area (Å²) in [5.41, 5.74) is 1.37. The summed E-state index contributed by atoms with van der Waals surface area (Å²) in [6.45, 7) is 3.48. The molecule has 7 nitrogen and oxygen atoms in total. The molecule has 1 aromatic heterocycles. The van der Waals surface area contributed by atoms with Crippen LogP contribution in [0, 0.1) is 0 Å². The Labute approximate surface area is 197 Å². The number of nitrogens with zero attached hydrogens (tertiary/aromatic N) is 1. The number of carbonyl (C=O) groups excluding carboxylic acids is 1. The van der Waals surface area contributed by atoms with Gasteiger partial charge in [0.05, 0.1) is 12.5 Å². The molecule has 1 fully saturated rings. The molecule has 1 amide bonds. The predicted molar refractivity (Wildman–Crippen MR) is 125 cm³/mol. The molecule has 8 heteroatoms. The van der Waals surface area contributed by atoms with E-state index in [1.807, 2.05) is 18.2 Å². The Kier molecular flexibility index (Phi) is 6.44. The number of furan rings is 1. The average molecular weight is 471 g/mol. The Bertz CT molecular complexity index is 1140. The zero-order valence-corrected chi connectivity index (χ0v) is 19.0. The van der Waals surface area contributed by atoms with Gasteiger partial charge in [-0.15, -0.1) is 0 Å². The van der Waals surface area contributed by atoms with E-state index in [4.69, 9.17) is 25.5 Å². The van der Waals surface area contributed by atoms with Crippen LogP contribution in [-0.4, -0.2) is 54.8 Å². The number of benzene rings is 2. The first-order valence-electron chi connectivity index (χ1n) is 11.3. The van der Waals surface area contributed by atoms with Crippen molar-refractivity contribution >= 4 is 28.5 Å². The molecule has 5 rings (SSSR count). The summed E-state index contributed by atoms with van der Waals surface area (Å²) >= 11 is 6.05. The van der Waals surface area contributed by atoms with Crippen LogP contribution in [0.25, 0.3) is 11.0 Å². The number of aliphatic hydroxyl groups excluding tert-OH is 1. The molecule has 0 radical (unpaired) electrons. The van der Waals surface area contributed by atoms with Gasteiger partial charge in [0, 0.05) is 17.0 Å². The highest BCUT2D eigenvalue weighted by Gasteiger charge is 2.28. The average Bonchev–Trinajstić information content (AvgIpc) is 3.46. The van der Waals surface area contributed by atoms with Crippen molar-refractivity contribution in [1.29, 1.82) is 0 Å². The van der Waals surface area contributed by atoms with Crippen LogP contribution in [0.2, 0.25) is 5.02 Å². The fourth-order valence-corrected chi connectivity index (χ4v) is 4.70. The van der Waals surface area contributed by atoms with Gasteiger partial charge in [0.25, 0.3) is 0 Å². The second-order valence-electron chi connectivity index (χ2n) is 8.60. The summed E-state index contributed by atoms with van der Waals surface area (Å²) in [5, 5.41) is 15.7. The van der Waals surface area contributed by atoms with E-state index in [0.29, 0.717) is 53.2 Å². The summed E-state index contributed by atoms with van der Waals surface area (Å²) in [7, 11) is 0. The number of aliphatic hydroxyl groups is 1. The lowest BCUT2D eigenvalue weighted by molar-refractivity contribution is -0.122. The van der Waals surface area contributed by atoms with Gasteiger partial charge in [0.15, 0.2) is 11.5 Å². The molecule has 0 bridgehead atoms. The summed E-state index contributed by atoms with van der Waals surface area (Å²) in [5.74, 6) is 1.63. The Morgan fingerprint density at radius 2 is 1.85 bits per heavy atom. The number of likely N-dealkylation sites (tertiary alicyclic amines) is 1. The number of rotatable bonds is 7. The number of nitrogens with one attached hydrogen (secondary N) is 1. The van der Waals surface area contributed by atoms with E-state index in [0.717, 1.165) is 31.3 Å². The van der Waals surface area contributed by atoms with Crippen LogP contribution in [0.15, 0.2) is 46.9 Å². The number of ether oxygens (including phenoxy) is 2. The zero-order chi connectivity index (χ0) is 22.8. The van der Waals surface area contributed by atoms with Crippen LogP contribution < -0.4 is 14.8 Å². The van der Waals surface area contributed by atoms with Crippen molar-refractivity contribution in [3.05, 3.63) is 58.8 Å². The van der Waals surface area contributed by atoms with Crippen LogP contribution in [-0.2, 0) is 11.2 Å². The lowest BCUT2D eigenvalue weighted by Crippen LogP contribution is -2.47. The highest BCUT2D eigenvalue weighted by Crippen LogP contribution is 2.33. The van der Waals surface area contributed by atoms with Gasteiger partial charge in [-0.2, -0.15) is 0 Å². The molecule has 174 valence electrons. The summed E-state index contributed by atoms with van der Waals surface area (Å²) < 4.78 is 17.0. The molecule has 2 aliphatic rings. The minimum Gasteiger partial charge on any atom is -0.486 e. The molecule has 3 heterocycles. The quantitative estimate of drug-likeness (QED) is 0.547. The maximum atomic E-state index is 12.9. The second kappa shape index (κ2) is 9.63. The fourth-order valence-electron chi connectivity index (χ4n) is 4.52. The molecule has 0 saturated carbocycles. The minimum atomic E-state index is -0.889. The Hall–Kier alpha value is -2.74. The van der Waals surface area contributed by atoms with E-state index in [2.05, 4.69) is 10.2 Å². The van der Waals surface area contributed by atoms with Crippen molar-refractivity contribution in [2.24, 2.45) is 0 Å². The normalized spacial score (nSPS) is 17.8. The molecule has 33 heavy (non-hydrogen) atoms. The lowest BCUT2D eigenvalue weighted by atomic mass is 10.0. The highest BCUT2D eigenvalue weighted by atomic mass is 35.5. The van der Waals surface area contributed by atoms with Gasteiger partial charge in [-0.3, -0.25) is 4.79 Å². The largest absolute Gasteiger partial charge is 0.486 e. The first-order chi connectivity index (χ1) is 16.0. The number of hydrogen-bond acceptors (Lipinski definition) is 6. The number of hydrogen-bond donors (Lipinski definition) is 2. The second-order valence-corrected chi connectivity index (χ2v) is 9.04. The Morgan fingerprint density at radius 1 is 1.06 bits per heavy atom. The van der Waals surface area contributed by atoms with Crippen LogP contribution in [0.1, 0.15) is 30.3 Å². The Balaban J connectivity index is 1.32. The van der Waals surface area contributed by atoms with Crippen LogP contribution >= 0.6 is 11.6 Å². The van der Waals surface area contributed by atoms with Crippen molar-refractivity contribution in [3.8, 4) is 11.5 Å². The van der Waals surface area contributed by atoms with E-state index < -0.39 is 12.1 Å². The predicted octanol–water partition coefficient (Wildman–Crippen LogP) is 3.71. The topological polar surface area (TPSA) is 84.2 Å². The van der Waals surface area contributed by atoms with E-state index in [1.54, 1.807) is 24.3 Å². The third kappa shape index (κ3) is 5.11. The molecular weight excluding hydrogens is 444 g/mol. The van der Waals surface area contributed by atoms with Gasteiger partial charge in [0.1, 0.15) is 30.7 Å². The monoisotopic (exact) mass is 470 g/mol.